The topological polar surface area (TPSA) is 74.2 Å². The Balaban J connectivity index is 1.39. The van der Waals surface area contributed by atoms with Gasteiger partial charge in [0, 0.05) is 18.8 Å². The molecule has 0 bridgehead atoms. The number of anilines is 1. The SMILES string of the molecule is O=C(O)c1ccncc1NCC1NCCc2cc(-c3ccccc3C3CC3)ccc21. The number of carboxylic acid groups (broad SMARTS) is 1. The van der Waals surface area contributed by atoms with Crippen LogP contribution in [0.4, 0.5) is 5.69 Å². The lowest BCUT2D eigenvalue weighted by Gasteiger charge is -2.28. The molecule has 1 aromatic heterocycles. The summed E-state index contributed by atoms with van der Waals surface area (Å²) in [5.41, 5.74) is 7.57. The Kier molecular flexibility index (Phi) is 4.97. The number of fused-ring (bicyclic) bond motifs is 1. The van der Waals surface area contributed by atoms with Crippen LogP contribution in [-0.2, 0) is 6.42 Å². The van der Waals surface area contributed by atoms with Crippen LogP contribution in [0.15, 0.2) is 60.9 Å². The molecule has 5 nitrogen and oxygen atoms in total. The van der Waals surface area contributed by atoms with Gasteiger partial charge in [0.25, 0.3) is 0 Å². The second kappa shape index (κ2) is 7.92. The van der Waals surface area contributed by atoms with Crippen LogP contribution in [-0.4, -0.2) is 29.1 Å². The third-order valence-electron chi connectivity index (χ3n) is 6.14. The smallest absolute Gasteiger partial charge is 0.337 e. The summed E-state index contributed by atoms with van der Waals surface area (Å²) in [5.74, 6) is -0.227. The van der Waals surface area contributed by atoms with Gasteiger partial charge in [-0.3, -0.25) is 4.98 Å². The van der Waals surface area contributed by atoms with E-state index in [4.69, 9.17) is 0 Å². The molecule has 2 aliphatic rings. The molecule has 0 spiro atoms. The molecule has 1 unspecified atom stereocenters. The lowest BCUT2D eigenvalue weighted by atomic mass is 9.89. The molecule has 2 heterocycles. The van der Waals surface area contributed by atoms with E-state index in [1.807, 2.05) is 0 Å². The van der Waals surface area contributed by atoms with E-state index < -0.39 is 5.97 Å². The maximum atomic E-state index is 11.4. The van der Waals surface area contributed by atoms with Gasteiger partial charge in [-0.2, -0.15) is 0 Å². The van der Waals surface area contributed by atoms with E-state index in [2.05, 4.69) is 58.1 Å². The molecule has 30 heavy (non-hydrogen) atoms. The van der Waals surface area contributed by atoms with Crippen LogP contribution in [0.3, 0.4) is 0 Å². The summed E-state index contributed by atoms with van der Waals surface area (Å²) >= 11 is 0. The zero-order valence-corrected chi connectivity index (χ0v) is 16.8. The summed E-state index contributed by atoms with van der Waals surface area (Å²) in [7, 11) is 0. The number of aromatic carboxylic acids is 1. The van der Waals surface area contributed by atoms with Gasteiger partial charge in [-0.05, 0) is 65.6 Å². The van der Waals surface area contributed by atoms with Crippen molar-refractivity contribution in [1.29, 1.82) is 0 Å². The number of carbonyl (C=O) groups is 1. The number of aromatic nitrogens is 1. The number of nitrogens with zero attached hydrogens (tertiary/aromatic N) is 1. The van der Waals surface area contributed by atoms with Gasteiger partial charge in [0.05, 0.1) is 17.4 Å². The first-order chi connectivity index (χ1) is 14.7. The van der Waals surface area contributed by atoms with Crippen molar-refractivity contribution < 1.29 is 9.90 Å². The fourth-order valence-corrected chi connectivity index (χ4v) is 4.45. The van der Waals surface area contributed by atoms with E-state index in [-0.39, 0.29) is 11.6 Å². The molecule has 0 radical (unpaired) electrons. The first-order valence-corrected chi connectivity index (χ1v) is 10.6. The highest BCUT2D eigenvalue weighted by molar-refractivity contribution is 5.93. The second-order valence-electron chi connectivity index (χ2n) is 8.14. The monoisotopic (exact) mass is 399 g/mol. The van der Waals surface area contributed by atoms with Crippen LogP contribution >= 0.6 is 0 Å². The number of nitrogens with one attached hydrogen (secondary N) is 2. The van der Waals surface area contributed by atoms with Crippen LogP contribution in [0.2, 0.25) is 0 Å². The molecule has 1 aliphatic heterocycles. The quantitative estimate of drug-likeness (QED) is 0.564. The van der Waals surface area contributed by atoms with Crippen molar-refractivity contribution in [1.82, 2.24) is 10.3 Å². The largest absolute Gasteiger partial charge is 0.478 e. The van der Waals surface area contributed by atoms with Gasteiger partial charge in [-0.25, -0.2) is 4.79 Å². The average molecular weight is 399 g/mol. The first kappa shape index (κ1) is 18.8. The standard InChI is InChI=1S/C25H25N3O2/c29-25(30)22-10-11-26-14-23(22)28-15-24-21-8-7-17(13-18(21)9-12-27-24)20-4-2-1-3-19(20)16-5-6-16/h1-4,7-8,10-11,13-14,16,24,27-28H,5-6,9,12,15H2,(H,29,30). The minimum Gasteiger partial charge on any atom is -0.478 e. The van der Waals surface area contributed by atoms with E-state index in [0.717, 1.165) is 18.9 Å². The first-order valence-electron chi connectivity index (χ1n) is 10.6. The van der Waals surface area contributed by atoms with Crippen molar-refractivity contribution in [3.8, 4) is 11.1 Å². The van der Waals surface area contributed by atoms with Gasteiger partial charge in [-0.15, -0.1) is 0 Å². The summed E-state index contributed by atoms with van der Waals surface area (Å²) in [6, 6.07) is 17.2. The van der Waals surface area contributed by atoms with E-state index in [1.54, 1.807) is 6.20 Å². The summed E-state index contributed by atoms with van der Waals surface area (Å²) in [6.45, 7) is 1.52. The van der Waals surface area contributed by atoms with Gasteiger partial charge in [-0.1, -0.05) is 42.5 Å². The number of rotatable bonds is 6. The van der Waals surface area contributed by atoms with Crippen LogP contribution in [0, 0.1) is 0 Å². The minimum atomic E-state index is -0.948. The van der Waals surface area contributed by atoms with Crippen molar-refractivity contribution in [2.45, 2.75) is 31.2 Å². The molecule has 1 saturated carbocycles. The number of hydrogen-bond donors (Lipinski definition) is 3. The van der Waals surface area contributed by atoms with E-state index in [9.17, 15) is 9.90 Å². The second-order valence-corrected chi connectivity index (χ2v) is 8.14. The van der Waals surface area contributed by atoms with E-state index in [1.165, 1.54) is 52.9 Å². The maximum Gasteiger partial charge on any atom is 0.337 e. The molecule has 1 fully saturated rings. The van der Waals surface area contributed by atoms with Crippen molar-refractivity contribution >= 4 is 11.7 Å². The Labute approximate surface area is 176 Å². The molecular formula is C25H25N3O2. The van der Waals surface area contributed by atoms with Crippen molar-refractivity contribution in [2.75, 3.05) is 18.4 Å². The predicted octanol–water partition coefficient (Wildman–Crippen LogP) is 4.62. The van der Waals surface area contributed by atoms with Crippen molar-refractivity contribution in [2.24, 2.45) is 0 Å². The molecule has 5 rings (SSSR count). The summed E-state index contributed by atoms with van der Waals surface area (Å²) in [6.07, 6.45) is 6.67. The molecular weight excluding hydrogens is 374 g/mol. The Hall–Kier alpha value is -3.18. The van der Waals surface area contributed by atoms with Crippen molar-refractivity contribution in [3.63, 3.8) is 0 Å². The fraction of sp³-hybridized carbons (Fsp3) is 0.280. The molecule has 3 N–H and O–H groups in total. The average Bonchev–Trinajstić information content (AvgIpc) is 3.63. The van der Waals surface area contributed by atoms with E-state index in [0.29, 0.717) is 12.2 Å². The van der Waals surface area contributed by atoms with Crippen LogP contribution in [0.25, 0.3) is 11.1 Å². The highest BCUT2D eigenvalue weighted by atomic mass is 16.4. The summed E-state index contributed by atoms with van der Waals surface area (Å²) < 4.78 is 0. The number of benzene rings is 2. The third kappa shape index (κ3) is 3.68. The molecule has 5 heteroatoms. The Morgan fingerprint density at radius 3 is 2.83 bits per heavy atom. The Morgan fingerprint density at radius 1 is 1.13 bits per heavy atom. The van der Waals surface area contributed by atoms with Crippen LogP contribution < -0.4 is 10.6 Å². The molecule has 152 valence electrons. The highest BCUT2D eigenvalue weighted by Crippen LogP contribution is 2.44. The normalized spacial score (nSPS) is 17.9. The van der Waals surface area contributed by atoms with Gasteiger partial charge in [0.15, 0.2) is 0 Å². The highest BCUT2D eigenvalue weighted by Gasteiger charge is 2.27. The van der Waals surface area contributed by atoms with Crippen molar-refractivity contribution in [3.05, 3.63) is 83.2 Å². The Morgan fingerprint density at radius 2 is 2.00 bits per heavy atom. The fourth-order valence-electron chi connectivity index (χ4n) is 4.45. The molecule has 2 aromatic carbocycles. The molecule has 0 amide bonds. The predicted molar refractivity (Wildman–Crippen MR) is 118 cm³/mol. The minimum absolute atomic E-state index is 0.128. The molecule has 3 aromatic rings. The van der Waals surface area contributed by atoms with Crippen LogP contribution in [0.5, 0.6) is 0 Å². The number of carboxylic acids is 1. The molecule has 0 saturated heterocycles. The molecule has 1 atom stereocenters. The summed E-state index contributed by atoms with van der Waals surface area (Å²) in [5, 5.41) is 16.2. The Bertz CT molecular complexity index is 1090. The van der Waals surface area contributed by atoms with Gasteiger partial charge >= 0.3 is 5.97 Å². The number of hydrogen-bond acceptors (Lipinski definition) is 4. The third-order valence-corrected chi connectivity index (χ3v) is 6.14. The van der Waals surface area contributed by atoms with Crippen LogP contribution in [0.1, 0.15) is 51.8 Å². The number of pyridine rings is 1. The zero-order valence-electron chi connectivity index (χ0n) is 16.8. The van der Waals surface area contributed by atoms with E-state index >= 15 is 0 Å². The summed E-state index contributed by atoms with van der Waals surface area (Å²) in [4.78, 5) is 15.5. The molecule has 1 aliphatic carbocycles. The zero-order chi connectivity index (χ0) is 20.5. The van der Waals surface area contributed by atoms with Gasteiger partial charge in [0.1, 0.15) is 0 Å². The lowest BCUT2D eigenvalue weighted by Crippen LogP contribution is -2.34. The lowest BCUT2D eigenvalue weighted by molar-refractivity contribution is 0.0697. The maximum absolute atomic E-state index is 11.4. The van der Waals surface area contributed by atoms with Gasteiger partial charge in [0.2, 0.25) is 0 Å². The van der Waals surface area contributed by atoms with Gasteiger partial charge < -0.3 is 15.7 Å².